The molecular formula is C38H55N5O10S. The van der Waals surface area contributed by atoms with Crippen molar-refractivity contribution in [2.24, 2.45) is 5.92 Å². The smallest absolute Gasteiger partial charge is 0.264 e. The summed E-state index contributed by atoms with van der Waals surface area (Å²) in [6.07, 6.45) is 1.66. The molecule has 4 amide bonds. The normalized spacial score (nSPS) is 16.9. The summed E-state index contributed by atoms with van der Waals surface area (Å²) in [6.45, 7) is 7.61. The molecule has 1 heterocycles. The van der Waals surface area contributed by atoms with Crippen LogP contribution in [-0.2, 0) is 55.9 Å². The van der Waals surface area contributed by atoms with Gasteiger partial charge in [-0.3, -0.25) is 33.1 Å². The van der Waals surface area contributed by atoms with Crippen LogP contribution in [0.25, 0.3) is 0 Å². The molecule has 1 saturated heterocycles. The second-order valence-electron chi connectivity index (χ2n) is 14.3. The molecule has 5 N–H and O–H groups in total. The molecule has 0 aromatic heterocycles. The fourth-order valence-corrected chi connectivity index (χ4v) is 6.25. The lowest BCUT2D eigenvalue weighted by molar-refractivity contribution is -0.143. The highest BCUT2D eigenvalue weighted by Gasteiger charge is 2.39. The Hall–Kier alpha value is -4.22. The van der Waals surface area contributed by atoms with Crippen LogP contribution in [0.15, 0.2) is 60.7 Å². The Kier molecular flexibility index (Phi) is 17.2. The first-order chi connectivity index (χ1) is 25.4. The number of carbonyl (C=O) groups excluding carboxylic acids is 5. The van der Waals surface area contributed by atoms with Crippen molar-refractivity contribution in [1.29, 1.82) is 0 Å². The number of aliphatic hydroxyl groups is 1. The Morgan fingerprint density at radius 3 is 1.94 bits per heavy atom. The van der Waals surface area contributed by atoms with Crippen molar-refractivity contribution in [2.75, 3.05) is 45.7 Å². The molecule has 0 aliphatic carbocycles. The van der Waals surface area contributed by atoms with E-state index < -0.39 is 70.0 Å². The molecule has 2 aromatic rings. The Bertz CT molecular complexity index is 1650. The Morgan fingerprint density at radius 1 is 0.815 bits per heavy atom. The standard InChI is InChI=1S/C38H55N5O10S/c1-26(2)22-31(34(45)38(4,49)25-53-54(5,50)51)41-37(48)32(23-29-14-10-7-11-15-29)42-35(46)27(3)39-36(47)30(17-16-28-12-8-6-9-13-28)40-33(44)24-43-18-20-52-21-19-43/h6-15,26-27,30-32,49H,16-25H2,1-5H3,(H,39,47)(H,40,44)(H,41,48)(H,42,46)/t27-,30-,31-,32-,38+/m0/s1. The predicted molar refractivity (Wildman–Crippen MR) is 201 cm³/mol. The van der Waals surface area contributed by atoms with Gasteiger partial charge in [-0.1, -0.05) is 74.5 Å². The summed E-state index contributed by atoms with van der Waals surface area (Å²) in [6, 6.07) is 13.8. The first-order valence-corrected chi connectivity index (χ1v) is 19.9. The molecule has 0 bridgehead atoms. The van der Waals surface area contributed by atoms with Crippen molar-refractivity contribution in [3.63, 3.8) is 0 Å². The van der Waals surface area contributed by atoms with E-state index in [1.807, 2.05) is 35.2 Å². The van der Waals surface area contributed by atoms with Crippen LogP contribution in [0.5, 0.6) is 0 Å². The van der Waals surface area contributed by atoms with Crippen LogP contribution in [0.2, 0.25) is 0 Å². The van der Waals surface area contributed by atoms with Crippen LogP contribution in [0.4, 0.5) is 0 Å². The van der Waals surface area contributed by atoms with Crippen LogP contribution in [0, 0.1) is 5.92 Å². The van der Waals surface area contributed by atoms with Crippen LogP contribution in [-0.4, -0.2) is 123 Å². The summed E-state index contributed by atoms with van der Waals surface area (Å²) in [5.74, 6) is -3.34. The SMILES string of the molecule is CC(C)C[C@H](NC(=O)[C@H](Cc1ccccc1)NC(=O)[C@H](C)NC(=O)[C@H](CCc1ccccc1)NC(=O)CN1CCOCC1)C(=O)[C@](C)(O)COS(C)(=O)=O. The van der Waals surface area contributed by atoms with Crippen molar-refractivity contribution in [3.05, 3.63) is 71.8 Å². The molecule has 2 aromatic carbocycles. The number of hydrogen-bond acceptors (Lipinski definition) is 11. The third-order valence-corrected chi connectivity index (χ3v) is 9.33. The zero-order valence-electron chi connectivity index (χ0n) is 31.7. The van der Waals surface area contributed by atoms with Crippen LogP contribution >= 0.6 is 0 Å². The zero-order valence-corrected chi connectivity index (χ0v) is 32.5. The average Bonchev–Trinajstić information content (AvgIpc) is 3.12. The van der Waals surface area contributed by atoms with Crippen LogP contribution < -0.4 is 21.3 Å². The lowest BCUT2D eigenvalue weighted by Crippen LogP contribution is -2.59. The minimum atomic E-state index is -3.98. The molecule has 0 radical (unpaired) electrons. The topological polar surface area (TPSA) is 210 Å². The van der Waals surface area contributed by atoms with Gasteiger partial charge >= 0.3 is 0 Å². The minimum Gasteiger partial charge on any atom is -0.380 e. The van der Waals surface area contributed by atoms with E-state index in [0.717, 1.165) is 18.7 Å². The fourth-order valence-electron chi connectivity index (χ4n) is 5.81. The number of Topliss-reactive ketones (excluding diaryl/α,β-unsaturated/α-hetero) is 1. The van der Waals surface area contributed by atoms with Gasteiger partial charge in [0.15, 0.2) is 5.78 Å². The van der Waals surface area contributed by atoms with E-state index in [9.17, 15) is 37.5 Å². The zero-order chi connectivity index (χ0) is 39.9. The lowest BCUT2D eigenvalue weighted by Gasteiger charge is -2.30. The molecule has 5 atom stereocenters. The molecule has 0 saturated carbocycles. The van der Waals surface area contributed by atoms with E-state index in [2.05, 4.69) is 25.5 Å². The number of morpholine rings is 1. The van der Waals surface area contributed by atoms with E-state index in [4.69, 9.17) is 4.74 Å². The van der Waals surface area contributed by atoms with Gasteiger partial charge in [-0.05, 0) is 50.2 Å². The van der Waals surface area contributed by atoms with Gasteiger partial charge in [-0.2, -0.15) is 8.42 Å². The monoisotopic (exact) mass is 773 g/mol. The van der Waals surface area contributed by atoms with Crippen LogP contribution in [0.3, 0.4) is 0 Å². The van der Waals surface area contributed by atoms with Crippen molar-refractivity contribution in [2.45, 2.75) is 83.1 Å². The van der Waals surface area contributed by atoms with Gasteiger partial charge in [-0.15, -0.1) is 0 Å². The summed E-state index contributed by atoms with van der Waals surface area (Å²) >= 11 is 0. The number of ketones is 1. The van der Waals surface area contributed by atoms with E-state index >= 15 is 0 Å². The molecule has 15 nitrogen and oxygen atoms in total. The van der Waals surface area contributed by atoms with Gasteiger partial charge in [-0.25, -0.2) is 0 Å². The fraction of sp³-hybridized carbons (Fsp3) is 0.553. The van der Waals surface area contributed by atoms with E-state index in [-0.39, 0.29) is 37.6 Å². The quantitative estimate of drug-likeness (QED) is 0.110. The van der Waals surface area contributed by atoms with Crippen molar-refractivity contribution in [1.82, 2.24) is 26.2 Å². The van der Waals surface area contributed by atoms with E-state index in [0.29, 0.717) is 38.3 Å². The van der Waals surface area contributed by atoms with Gasteiger partial charge in [0.25, 0.3) is 10.1 Å². The molecule has 16 heteroatoms. The second-order valence-corrected chi connectivity index (χ2v) is 16.0. The summed E-state index contributed by atoms with van der Waals surface area (Å²) in [7, 11) is -3.98. The van der Waals surface area contributed by atoms with Gasteiger partial charge in [0.1, 0.15) is 30.3 Å². The van der Waals surface area contributed by atoms with Crippen molar-refractivity contribution < 1.29 is 46.4 Å². The average molecular weight is 774 g/mol. The van der Waals surface area contributed by atoms with Gasteiger partial charge in [0.05, 0.1) is 32.1 Å². The number of benzene rings is 2. The largest absolute Gasteiger partial charge is 0.380 e. The highest BCUT2D eigenvalue weighted by Crippen LogP contribution is 2.17. The highest BCUT2D eigenvalue weighted by molar-refractivity contribution is 7.86. The number of rotatable bonds is 21. The third kappa shape index (κ3) is 15.6. The van der Waals surface area contributed by atoms with Gasteiger partial charge in [0.2, 0.25) is 23.6 Å². The molecule has 0 unspecified atom stereocenters. The number of nitrogens with zero attached hydrogens (tertiary/aromatic N) is 1. The summed E-state index contributed by atoms with van der Waals surface area (Å²) in [5.41, 5.74) is -0.600. The third-order valence-electron chi connectivity index (χ3n) is 8.78. The second kappa shape index (κ2) is 21.0. The molecule has 54 heavy (non-hydrogen) atoms. The first-order valence-electron chi connectivity index (χ1n) is 18.1. The Morgan fingerprint density at radius 2 is 1.37 bits per heavy atom. The molecular weight excluding hydrogens is 719 g/mol. The van der Waals surface area contributed by atoms with E-state index in [1.165, 1.54) is 6.92 Å². The Balaban J connectivity index is 1.76. The van der Waals surface area contributed by atoms with Crippen molar-refractivity contribution in [3.8, 4) is 0 Å². The maximum atomic E-state index is 13.8. The maximum Gasteiger partial charge on any atom is 0.264 e. The Labute approximate surface area is 318 Å². The van der Waals surface area contributed by atoms with E-state index in [1.54, 1.807) is 44.2 Å². The van der Waals surface area contributed by atoms with Crippen molar-refractivity contribution >= 4 is 39.5 Å². The number of nitrogens with one attached hydrogen (secondary N) is 4. The minimum absolute atomic E-state index is 0.0204. The number of aryl methyl sites for hydroxylation is 1. The summed E-state index contributed by atoms with van der Waals surface area (Å²) in [5, 5.41) is 21.7. The molecule has 0 spiro atoms. The number of carbonyl (C=O) groups is 5. The molecule has 298 valence electrons. The van der Waals surface area contributed by atoms with Crippen LogP contribution in [0.1, 0.15) is 51.7 Å². The molecule has 1 aliphatic heterocycles. The predicted octanol–water partition coefficient (Wildman–Crippen LogP) is 0.496. The molecule has 1 aliphatic rings. The number of ether oxygens (including phenoxy) is 1. The first kappa shape index (κ1) is 44.2. The summed E-state index contributed by atoms with van der Waals surface area (Å²) < 4.78 is 33.2. The lowest BCUT2D eigenvalue weighted by atomic mass is 9.90. The summed E-state index contributed by atoms with van der Waals surface area (Å²) in [4.78, 5) is 69.5. The molecule has 3 rings (SSSR count). The molecule has 1 fully saturated rings. The van der Waals surface area contributed by atoms with Gasteiger partial charge in [0, 0.05) is 19.5 Å². The van der Waals surface area contributed by atoms with Gasteiger partial charge < -0.3 is 31.1 Å². The number of hydrogen-bond donors (Lipinski definition) is 5. The number of amides is 4. The highest BCUT2D eigenvalue weighted by atomic mass is 32.2. The maximum absolute atomic E-state index is 13.8.